The van der Waals surface area contributed by atoms with Crippen LogP contribution < -0.4 is 10.5 Å². The summed E-state index contributed by atoms with van der Waals surface area (Å²) in [5.74, 6) is 1.27. The molecule has 1 aromatic heterocycles. The molecule has 19 heavy (non-hydrogen) atoms. The van der Waals surface area contributed by atoms with E-state index in [-0.39, 0.29) is 6.10 Å². The highest BCUT2D eigenvalue weighted by Crippen LogP contribution is 2.29. The average molecular weight is 263 g/mol. The van der Waals surface area contributed by atoms with E-state index in [1.165, 1.54) is 0 Å². The van der Waals surface area contributed by atoms with Gasteiger partial charge in [-0.2, -0.15) is 0 Å². The van der Waals surface area contributed by atoms with Crippen molar-refractivity contribution in [1.82, 2.24) is 20.2 Å². The van der Waals surface area contributed by atoms with Crippen molar-refractivity contribution in [3.63, 3.8) is 0 Å². The second-order valence-corrected chi connectivity index (χ2v) is 4.19. The minimum atomic E-state index is 0.0158. The van der Waals surface area contributed by atoms with E-state index in [1.54, 1.807) is 31.0 Å². The van der Waals surface area contributed by atoms with Crippen LogP contribution in [0.2, 0.25) is 0 Å². The van der Waals surface area contributed by atoms with Crippen molar-refractivity contribution in [2.45, 2.75) is 19.6 Å². The van der Waals surface area contributed by atoms with E-state index < -0.39 is 0 Å². The number of nitrogens with zero attached hydrogens (tertiary/aromatic N) is 4. The Hall–Kier alpha value is -2.15. The maximum absolute atomic E-state index is 5.74. The topological polar surface area (TPSA) is 88.1 Å². The number of benzene rings is 1. The third-order valence-corrected chi connectivity index (χ3v) is 2.83. The molecule has 2 rings (SSSR count). The third-order valence-electron chi connectivity index (χ3n) is 2.83. The second-order valence-electron chi connectivity index (χ2n) is 4.19. The lowest BCUT2D eigenvalue weighted by atomic mass is 10.1. The Balaban J connectivity index is 2.39. The number of hydrogen-bond acceptors (Lipinski definition) is 6. The van der Waals surface area contributed by atoms with Crippen LogP contribution in [0.5, 0.6) is 5.75 Å². The number of tetrazole rings is 1. The Morgan fingerprint density at radius 3 is 2.84 bits per heavy atom. The summed E-state index contributed by atoms with van der Waals surface area (Å²) in [4.78, 5) is 0. The first-order chi connectivity index (χ1) is 9.15. The van der Waals surface area contributed by atoms with Crippen molar-refractivity contribution in [3.05, 3.63) is 18.2 Å². The zero-order chi connectivity index (χ0) is 13.8. The Bertz CT molecular complexity index is 555. The molecule has 1 aromatic carbocycles. The van der Waals surface area contributed by atoms with Gasteiger partial charge < -0.3 is 15.2 Å². The van der Waals surface area contributed by atoms with Gasteiger partial charge in [0.1, 0.15) is 5.75 Å². The van der Waals surface area contributed by atoms with Gasteiger partial charge in [-0.1, -0.05) is 0 Å². The van der Waals surface area contributed by atoms with E-state index in [4.69, 9.17) is 15.2 Å². The number of aromatic nitrogens is 4. The van der Waals surface area contributed by atoms with Crippen LogP contribution in [0.1, 0.15) is 6.92 Å². The van der Waals surface area contributed by atoms with Gasteiger partial charge in [0, 0.05) is 18.9 Å². The highest BCUT2D eigenvalue weighted by Gasteiger charge is 2.15. The SMILES string of the molecule is COc1cc(N)ccc1-c1nnnn1CC(C)OC. The van der Waals surface area contributed by atoms with Gasteiger partial charge in [-0.25, -0.2) is 4.68 Å². The summed E-state index contributed by atoms with van der Waals surface area (Å²) in [5.41, 5.74) is 7.16. The van der Waals surface area contributed by atoms with Gasteiger partial charge in [0.15, 0.2) is 5.82 Å². The predicted octanol–water partition coefficient (Wildman–Crippen LogP) is 0.966. The average Bonchev–Trinajstić information content (AvgIpc) is 2.86. The zero-order valence-electron chi connectivity index (χ0n) is 11.2. The number of anilines is 1. The molecule has 0 saturated heterocycles. The maximum atomic E-state index is 5.74. The summed E-state index contributed by atoms with van der Waals surface area (Å²) in [6, 6.07) is 5.37. The number of ether oxygens (including phenoxy) is 2. The van der Waals surface area contributed by atoms with Crippen LogP contribution in [0.3, 0.4) is 0 Å². The Morgan fingerprint density at radius 1 is 1.37 bits per heavy atom. The number of nitrogens with two attached hydrogens (primary N) is 1. The van der Waals surface area contributed by atoms with Crippen LogP contribution in [0.15, 0.2) is 18.2 Å². The molecule has 7 nitrogen and oxygen atoms in total. The van der Waals surface area contributed by atoms with Gasteiger partial charge >= 0.3 is 0 Å². The molecule has 1 heterocycles. The molecule has 0 aliphatic carbocycles. The Morgan fingerprint density at radius 2 is 2.16 bits per heavy atom. The molecule has 2 N–H and O–H groups in total. The largest absolute Gasteiger partial charge is 0.496 e. The van der Waals surface area contributed by atoms with Gasteiger partial charge in [-0.3, -0.25) is 0 Å². The van der Waals surface area contributed by atoms with Crippen molar-refractivity contribution in [2.75, 3.05) is 20.0 Å². The molecule has 0 radical (unpaired) electrons. The molecule has 0 spiro atoms. The smallest absolute Gasteiger partial charge is 0.185 e. The van der Waals surface area contributed by atoms with Crippen LogP contribution in [0.25, 0.3) is 11.4 Å². The summed E-state index contributed by atoms with van der Waals surface area (Å²) < 4.78 is 12.2. The quantitative estimate of drug-likeness (QED) is 0.808. The lowest BCUT2D eigenvalue weighted by Crippen LogP contribution is -2.16. The molecule has 0 aliphatic rings. The fourth-order valence-electron chi connectivity index (χ4n) is 1.73. The minimum Gasteiger partial charge on any atom is -0.496 e. The second kappa shape index (κ2) is 5.66. The number of rotatable bonds is 5. The molecule has 0 bridgehead atoms. The van der Waals surface area contributed by atoms with Crippen molar-refractivity contribution in [1.29, 1.82) is 0 Å². The van der Waals surface area contributed by atoms with Gasteiger partial charge in [-0.05, 0) is 29.5 Å². The summed E-state index contributed by atoms with van der Waals surface area (Å²) in [6.07, 6.45) is 0.0158. The predicted molar refractivity (Wildman–Crippen MR) is 70.7 cm³/mol. The summed E-state index contributed by atoms with van der Waals surface area (Å²) >= 11 is 0. The molecule has 0 aliphatic heterocycles. The van der Waals surface area contributed by atoms with Crippen molar-refractivity contribution >= 4 is 5.69 Å². The summed E-state index contributed by atoms with van der Waals surface area (Å²) in [7, 11) is 3.24. The first-order valence-electron chi connectivity index (χ1n) is 5.88. The van der Waals surface area contributed by atoms with E-state index in [0.717, 1.165) is 5.56 Å². The van der Waals surface area contributed by atoms with Gasteiger partial charge in [0.05, 0.1) is 25.3 Å². The van der Waals surface area contributed by atoms with Gasteiger partial charge in [0.25, 0.3) is 0 Å². The standard InChI is InChI=1S/C12H17N5O2/c1-8(18-2)7-17-12(14-15-16-17)10-5-4-9(13)6-11(10)19-3/h4-6,8H,7,13H2,1-3H3. The van der Waals surface area contributed by atoms with Crippen LogP contribution in [-0.4, -0.2) is 40.5 Å². The van der Waals surface area contributed by atoms with E-state index in [9.17, 15) is 0 Å². The molecule has 7 heteroatoms. The van der Waals surface area contributed by atoms with E-state index in [0.29, 0.717) is 23.8 Å². The first-order valence-corrected chi connectivity index (χ1v) is 5.88. The molecule has 0 fully saturated rings. The Kier molecular flexibility index (Phi) is 3.96. The fourth-order valence-corrected chi connectivity index (χ4v) is 1.73. The van der Waals surface area contributed by atoms with E-state index in [2.05, 4.69) is 15.5 Å². The van der Waals surface area contributed by atoms with Gasteiger partial charge in [-0.15, -0.1) is 5.10 Å². The molecule has 0 amide bonds. The van der Waals surface area contributed by atoms with Crippen LogP contribution in [-0.2, 0) is 11.3 Å². The highest BCUT2D eigenvalue weighted by atomic mass is 16.5. The minimum absolute atomic E-state index is 0.0158. The first kappa shape index (κ1) is 13.3. The number of methoxy groups -OCH3 is 2. The summed E-state index contributed by atoms with van der Waals surface area (Å²) in [5, 5.41) is 11.7. The molecule has 2 aromatic rings. The fraction of sp³-hybridized carbons (Fsp3) is 0.417. The zero-order valence-corrected chi connectivity index (χ0v) is 11.2. The highest BCUT2D eigenvalue weighted by molar-refractivity contribution is 5.67. The molecule has 102 valence electrons. The maximum Gasteiger partial charge on any atom is 0.185 e. The molecule has 0 saturated carbocycles. The lowest BCUT2D eigenvalue weighted by Gasteiger charge is -2.12. The van der Waals surface area contributed by atoms with Crippen molar-refractivity contribution < 1.29 is 9.47 Å². The van der Waals surface area contributed by atoms with Gasteiger partial charge in [0.2, 0.25) is 0 Å². The molecule has 1 atom stereocenters. The molecular weight excluding hydrogens is 246 g/mol. The lowest BCUT2D eigenvalue weighted by molar-refractivity contribution is 0.0997. The van der Waals surface area contributed by atoms with Crippen LogP contribution in [0.4, 0.5) is 5.69 Å². The van der Waals surface area contributed by atoms with Crippen molar-refractivity contribution in [3.8, 4) is 17.1 Å². The summed E-state index contributed by atoms with van der Waals surface area (Å²) in [6.45, 7) is 2.51. The van der Waals surface area contributed by atoms with E-state index in [1.807, 2.05) is 13.0 Å². The van der Waals surface area contributed by atoms with Crippen LogP contribution >= 0.6 is 0 Å². The normalized spacial score (nSPS) is 12.4. The number of hydrogen-bond donors (Lipinski definition) is 1. The monoisotopic (exact) mass is 263 g/mol. The molecular formula is C12H17N5O2. The van der Waals surface area contributed by atoms with Crippen molar-refractivity contribution in [2.24, 2.45) is 0 Å². The third kappa shape index (κ3) is 2.82. The van der Waals surface area contributed by atoms with Crippen LogP contribution in [0, 0.1) is 0 Å². The number of nitrogen functional groups attached to an aromatic ring is 1. The van der Waals surface area contributed by atoms with E-state index >= 15 is 0 Å². The molecule has 1 unspecified atom stereocenters. The Labute approximate surface area is 111 Å².